The van der Waals surface area contributed by atoms with Gasteiger partial charge in [0.05, 0.1) is 0 Å². The number of carbonyl (C=O) groups excluding carboxylic acids is 1. The fraction of sp³-hybridized carbons (Fsp3) is 0.250. The van der Waals surface area contributed by atoms with Gasteiger partial charge >= 0.3 is 6.09 Å². The summed E-state index contributed by atoms with van der Waals surface area (Å²) in [6.07, 6.45) is 4.79. The Labute approximate surface area is 137 Å². The van der Waals surface area contributed by atoms with Crippen LogP contribution in [0.15, 0.2) is 61.2 Å². The standard InChI is InChI=1S/C20H21NO2/c1-2-13-21(19-12-11-17-9-6-10-18(17)14-19)20(22)23-15-16-7-4-3-5-8-16/h2-5,7-8,11-12,14H,1,6,9-10,13,15H2. The number of nitrogens with zero attached hydrogens (tertiary/aromatic N) is 1. The lowest BCUT2D eigenvalue weighted by atomic mass is 10.1. The van der Waals surface area contributed by atoms with E-state index in [-0.39, 0.29) is 12.7 Å². The van der Waals surface area contributed by atoms with Gasteiger partial charge in [0.25, 0.3) is 0 Å². The normalized spacial score (nSPS) is 12.5. The Kier molecular flexibility index (Phi) is 4.77. The van der Waals surface area contributed by atoms with Gasteiger partial charge in [0.15, 0.2) is 0 Å². The van der Waals surface area contributed by atoms with Crippen LogP contribution in [0.1, 0.15) is 23.1 Å². The third-order valence-corrected chi connectivity index (χ3v) is 4.13. The molecule has 23 heavy (non-hydrogen) atoms. The molecule has 0 bridgehead atoms. The molecule has 0 aromatic heterocycles. The highest BCUT2D eigenvalue weighted by Crippen LogP contribution is 2.27. The van der Waals surface area contributed by atoms with Gasteiger partial charge in [-0.1, -0.05) is 42.5 Å². The number of anilines is 1. The highest BCUT2D eigenvalue weighted by Gasteiger charge is 2.19. The average Bonchev–Trinajstić information content (AvgIpc) is 3.06. The Bertz CT molecular complexity index is 694. The lowest BCUT2D eigenvalue weighted by Crippen LogP contribution is -2.31. The zero-order valence-electron chi connectivity index (χ0n) is 13.2. The van der Waals surface area contributed by atoms with Crippen LogP contribution in [-0.2, 0) is 24.2 Å². The van der Waals surface area contributed by atoms with E-state index < -0.39 is 0 Å². The van der Waals surface area contributed by atoms with Crippen LogP contribution in [0.4, 0.5) is 10.5 Å². The van der Waals surface area contributed by atoms with Gasteiger partial charge in [-0.2, -0.15) is 0 Å². The highest BCUT2D eigenvalue weighted by molar-refractivity contribution is 5.88. The number of amides is 1. The zero-order valence-corrected chi connectivity index (χ0v) is 13.2. The molecule has 0 spiro atoms. The predicted molar refractivity (Wildman–Crippen MR) is 92.6 cm³/mol. The smallest absolute Gasteiger partial charge is 0.414 e. The zero-order chi connectivity index (χ0) is 16.1. The molecule has 0 saturated carbocycles. The number of aryl methyl sites for hydroxylation is 2. The number of ether oxygens (including phenoxy) is 1. The Balaban J connectivity index is 1.72. The van der Waals surface area contributed by atoms with E-state index in [0.717, 1.165) is 24.1 Å². The van der Waals surface area contributed by atoms with Crippen LogP contribution < -0.4 is 4.90 Å². The number of fused-ring (bicyclic) bond motifs is 1. The van der Waals surface area contributed by atoms with Crippen molar-refractivity contribution >= 4 is 11.8 Å². The molecule has 1 aliphatic rings. The number of benzene rings is 2. The molecule has 0 saturated heterocycles. The molecule has 3 rings (SSSR count). The molecule has 3 heteroatoms. The predicted octanol–water partition coefficient (Wildman–Crippen LogP) is 4.50. The van der Waals surface area contributed by atoms with Crippen molar-refractivity contribution < 1.29 is 9.53 Å². The molecule has 0 aliphatic heterocycles. The van der Waals surface area contributed by atoms with Crippen LogP contribution in [0.25, 0.3) is 0 Å². The molecule has 1 amide bonds. The van der Waals surface area contributed by atoms with Gasteiger partial charge in [-0.3, -0.25) is 4.90 Å². The summed E-state index contributed by atoms with van der Waals surface area (Å²) >= 11 is 0. The first-order valence-corrected chi connectivity index (χ1v) is 7.99. The van der Waals surface area contributed by atoms with Gasteiger partial charge in [-0.05, 0) is 48.1 Å². The van der Waals surface area contributed by atoms with E-state index in [4.69, 9.17) is 4.74 Å². The Morgan fingerprint density at radius 1 is 1.13 bits per heavy atom. The average molecular weight is 307 g/mol. The molecular weight excluding hydrogens is 286 g/mol. The molecule has 0 fully saturated rings. The van der Waals surface area contributed by atoms with Crippen molar-refractivity contribution in [2.75, 3.05) is 11.4 Å². The molecule has 0 atom stereocenters. The third kappa shape index (κ3) is 3.62. The van der Waals surface area contributed by atoms with Gasteiger partial charge in [-0.15, -0.1) is 6.58 Å². The molecule has 0 radical (unpaired) electrons. The van der Waals surface area contributed by atoms with Crippen molar-refractivity contribution in [3.8, 4) is 0 Å². The van der Waals surface area contributed by atoms with E-state index in [1.54, 1.807) is 11.0 Å². The molecule has 2 aromatic carbocycles. The Morgan fingerprint density at radius 2 is 1.91 bits per heavy atom. The highest BCUT2D eigenvalue weighted by atomic mass is 16.6. The molecule has 3 nitrogen and oxygen atoms in total. The first-order chi connectivity index (χ1) is 11.3. The molecular formula is C20H21NO2. The second kappa shape index (κ2) is 7.14. The maximum Gasteiger partial charge on any atom is 0.414 e. The van der Waals surface area contributed by atoms with Crippen molar-refractivity contribution in [3.05, 3.63) is 77.9 Å². The second-order valence-electron chi connectivity index (χ2n) is 5.75. The van der Waals surface area contributed by atoms with E-state index >= 15 is 0 Å². The Hall–Kier alpha value is -2.55. The lowest BCUT2D eigenvalue weighted by molar-refractivity contribution is 0.148. The molecule has 0 N–H and O–H groups in total. The summed E-state index contributed by atoms with van der Waals surface area (Å²) in [5.41, 5.74) is 4.59. The largest absolute Gasteiger partial charge is 0.444 e. The van der Waals surface area contributed by atoms with E-state index in [9.17, 15) is 4.79 Å². The number of rotatable bonds is 5. The monoisotopic (exact) mass is 307 g/mol. The number of carbonyl (C=O) groups is 1. The van der Waals surface area contributed by atoms with E-state index in [1.807, 2.05) is 36.4 Å². The van der Waals surface area contributed by atoms with Crippen LogP contribution in [0.2, 0.25) is 0 Å². The van der Waals surface area contributed by atoms with E-state index in [0.29, 0.717) is 6.54 Å². The summed E-state index contributed by atoms with van der Waals surface area (Å²) in [5, 5.41) is 0. The van der Waals surface area contributed by atoms with Crippen molar-refractivity contribution in [1.82, 2.24) is 0 Å². The van der Waals surface area contributed by atoms with E-state index in [2.05, 4.69) is 18.7 Å². The summed E-state index contributed by atoms with van der Waals surface area (Å²) in [4.78, 5) is 14.1. The van der Waals surface area contributed by atoms with Crippen molar-refractivity contribution in [3.63, 3.8) is 0 Å². The minimum atomic E-state index is -0.341. The van der Waals surface area contributed by atoms with Crippen LogP contribution >= 0.6 is 0 Å². The second-order valence-corrected chi connectivity index (χ2v) is 5.75. The van der Waals surface area contributed by atoms with Crippen molar-refractivity contribution in [2.45, 2.75) is 25.9 Å². The summed E-state index contributed by atoms with van der Waals surface area (Å²) in [6.45, 7) is 4.46. The van der Waals surface area contributed by atoms with Crippen LogP contribution in [0.3, 0.4) is 0 Å². The molecule has 118 valence electrons. The van der Waals surface area contributed by atoms with Gasteiger partial charge < -0.3 is 4.74 Å². The van der Waals surface area contributed by atoms with Gasteiger partial charge in [0.2, 0.25) is 0 Å². The fourth-order valence-electron chi connectivity index (χ4n) is 2.94. The minimum absolute atomic E-state index is 0.276. The molecule has 2 aromatic rings. The quantitative estimate of drug-likeness (QED) is 0.761. The molecule has 0 unspecified atom stereocenters. The summed E-state index contributed by atoms with van der Waals surface area (Å²) in [6, 6.07) is 15.9. The number of hydrogen-bond donors (Lipinski definition) is 0. The first kappa shape index (κ1) is 15.3. The van der Waals surface area contributed by atoms with Crippen LogP contribution in [0, 0.1) is 0 Å². The topological polar surface area (TPSA) is 29.5 Å². The Morgan fingerprint density at radius 3 is 2.70 bits per heavy atom. The molecule has 0 heterocycles. The minimum Gasteiger partial charge on any atom is -0.444 e. The van der Waals surface area contributed by atoms with Gasteiger partial charge in [0.1, 0.15) is 6.61 Å². The SMILES string of the molecule is C=CCN(C(=O)OCc1ccccc1)c1ccc2c(c1)CCC2. The van der Waals surface area contributed by atoms with Crippen molar-refractivity contribution in [1.29, 1.82) is 0 Å². The molecule has 1 aliphatic carbocycles. The summed E-state index contributed by atoms with van der Waals surface area (Å²) < 4.78 is 5.46. The first-order valence-electron chi connectivity index (χ1n) is 7.99. The maximum absolute atomic E-state index is 12.5. The summed E-state index contributed by atoms with van der Waals surface area (Å²) in [5.74, 6) is 0. The van der Waals surface area contributed by atoms with E-state index in [1.165, 1.54) is 17.5 Å². The summed E-state index contributed by atoms with van der Waals surface area (Å²) in [7, 11) is 0. The van der Waals surface area contributed by atoms with Crippen LogP contribution in [0.5, 0.6) is 0 Å². The van der Waals surface area contributed by atoms with Crippen LogP contribution in [-0.4, -0.2) is 12.6 Å². The maximum atomic E-state index is 12.5. The van der Waals surface area contributed by atoms with Gasteiger partial charge in [0, 0.05) is 12.2 Å². The lowest BCUT2D eigenvalue weighted by Gasteiger charge is -2.21. The van der Waals surface area contributed by atoms with Crippen molar-refractivity contribution in [2.24, 2.45) is 0 Å². The van der Waals surface area contributed by atoms with Gasteiger partial charge in [-0.25, -0.2) is 4.79 Å². The fourth-order valence-corrected chi connectivity index (χ4v) is 2.94. The number of hydrogen-bond acceptors (Lipinski definition) is 2. The third-order valence-electron chi connectivity index (χ3n) is 4.13.